The number of carbonyl (C=O) groups excluding carboxylic acids is 1. The highest BCUT2D eigenvalue weighted by Crippen LogP contribution is 2.25. The largest absolute Gasteiger partial charge is 0.354 e. The van der Waals surface area contributed by atoms with Crippen molar-refractivity contribution in [3.63, 3.8) is 0 Å². The van der Waals surface area contributed by atoms with E-state index in [-0.39, 0.29) is 17.3 Å². The second kappa shape index (κ2) is 12.1. The van der Waals surface area contributed by atoms with Crippen LogP contribution in [0.25, 0.3) is 0 Å². The fourth-order valence-electron chi connectivity index (χ4n) is 3.18. The molecule has 0 saturated heterocycles. The molecule has 0 atom stereocenters. The summed E-state index contributed by atoms with van der Waals surface area (Å²) in [6, 6.07) is 23.3. The third-order valence-electron chi connectivity index (χ3n) is 4.88. The Morgan fingerprint density at radius 1 is 1.00 bits per heavy atom. The van der Waals surface area contributed by atoms with Gasteiger partial charge in [0.05, 0.1) is 10.6 Å². The molecule has 3 aromatic carbocycles. The van der Waals surface area contributed by atoms with Gasteiger partial charge < -0.3 is 5.32 Å². The third kappa shape index (κ3) is 7.52. The van der Waals surface area contributed by atoms with Crippen LogP contribution in [0.5, 0.6) is 0 Å². The van der Waals surface area contributed by atoms with Crippen molar-refractivity contribution in [3.8, 4) is 0 Å². The van der Waals surface area contributed by atoms with Gasteiger partial charge in [0.1, 0.15) is 6.54 Å². The monoisotopic (exact) mass is 502 g/mol. The Kier molecular flexibility index (Phi) is 9.23. The van der Waals surface area contributed by atoms with Crippen molar-refractivity contribution in [2.75, 3.05) is 23.1 Å². The van der Waals surface area contributed by atoms with Gasteiger partial charge in [-0.1, -0.05) is 54.1 Å². The van der Waals surface area contributed by atoms with Gasteiger partial charge in [-0.3, -0.25) is 9.10 Å². The maximum absolute atomic E-state index is 13.3. The Hall–Kier alpha value is -2.48. The lowest BCUT2D eigenvalue weighted by molar-refractivity contribution is -0.119. The van der Waals surface area contributed by atoms with Gasteiger partial charge in [0, 0.05) is 17.3 Å². The fraction of sp³-hybridized carbons (Fsp3) is 0.240. The maximum atomic E-state index is 13.3. The standard InChI is InChI=1S/C25H27ClN2O3S2/c1-20-7-5-10-23(17-20)28(33(30,31)24-13-11-22(26)12-14-24)18-25(29)27-15-6-16-32-19-21-8-3-2-4-9-21/h2-5,7-14,17H,6,15-16,18-19H2,1H3,(H,27,29). The van der Waals surface area contributed by atoms with E-state index in [0.717, 1.165) is 27.8 Å². The van der Waals surface area contributed by atoms with E-state index in [9.17, 15) is 13.2 Å². The van der Waals surface area contributed by atoms with E-state index in [1.54, 1.807) is 30.0 Å². The Bertz CT molecular complexity index is 1150. The number of hydrogen-bond donors (Lipinski definition) is 1. The predicted molar refractivity (Wildman–Crippen MR) is 137 cm³/mol. The Balaban J connectivity index is 1.60. The molecule has 1 N–H and O–H groups in total. The van der Waals surface area contributed by atoms with Gasteiger partial charge in [-0.2, -0.15) is 11.8 Å². The van der Waals surface area contributed by atoms with Gasteiger partial charge in [-0.15, -0.1) is 0 Å². The lowest BCUT2D eigenvalue weighted by Crippen LogP contribution is -2.41. The number of nitrogens with zero attached hydrogens (tertiary/aromatic N) is 1. The summed E-state index contributed by atoms with van der Waals surface area (Å²) in [6.07, 6.45) is 0.803. The lowest BCUT2D eigenvalue weighted by atomic mass is 10.2. The maximum Gasteiger partial charge on any atom is 0.264 e. The molecule has 8 heteroatoms. The van der Waals surface area contributed by atoms with E-state index in [1.165, 1.54) is 29.8 Å². The number of hydrogen-bond acceptors (Lipinski definition) is 4. The first-order valence-corrected chi connectivity index (χ1v) is 13.6. The quantitative estimate of drug-likeness (QED) is 0.362. The van der Waals surface area contributed by atoms with Crippen LogP contribution in [-0.4, -0.2) is 33.2 Å². The molecule has 33 heavy (non-hydrogen) atoms. The summed E-state index contributed by atoms with van der Waals surface area (Å²) in [7, 11) is -3.94. The normalized spacial score (nSPS) is 11.2. The van der Waals surface area contributed by atoms with Gasteiger partial charge >= 0.3 is 0 Å². The summed E-state index contributed by atoms with van der Waals surface area (Å²) in [4.78, 5) is 12.7. The van der Waals surface area contributed by atoms with E-state index in [1.807, 2.05) is 31.2 Å². The molecule has 0 saturated carbocycles. The zero-order chi connectivity index (χ0) is 23.7. The highest BCUT2D eigenvalue weighted by molar-refractivity contribution is 7.98. The van der Waals surface area contributed by atoms with Crippen molar-refractivity contribution in [2.24, 2.45) is 0 Å². The smallest absolute Gasteiger partial charge is 0.264 e. The van der Waals surface area contributed by atoms with Gasteiger partial charge in [0.2, 0.25) is 5.91 Å². The molecule has 5 nitrogen and oxygen atoms in total. The van der Waals surface area contributed by atoms with Crippen LogP contribution in [0.3, 0.4) is 0 Å². The minimum absolute atomic E-state index is 0.0820. The Morgan fingerprint density at radius 2 is 1.73 bits per heavy atom. The molecule has 0 unspecified atom stereocenters. The van der Waals surface area contributed by atoms with Gasteiger partial charge in [-0.25, -0.2) is 8.42 Å². The number of carbonyl (C=O) groups is 1. The minimum Gasteiger partial charge on any atom is -0.354 e. The zero-order valence-corrected chi connectivity index (χ0v) is 20.8. The number of aryl methyl sites for hydroxylation is 1. The Labute approximate surface area is 205 Å². The molecule has 0 aliphatic heterocycles. The molecule has 0 aromatic heterocycles. The van der Waals surface area contributed by atoms with Gasteiger partial charge in [-0.05, 0) is 66.6 Å². The minimum atomic E-state index is -3.94. The van der Waals surface area contributed by atoms with Crippen LogP contribution >= 0.6 is 23.4 Å². The van der Waals surface area contributed by atoms with Gasteiger partial charge in [0.25, 0.3) is 10.0 Å². The Morgan fingerprint density at radius 3 is 2.42 bits per heavy atom. The van der Waals surface area contributed by atoms with E-state index >= 15 is 0 Å². The summed E-state index contributed by atoms with van der Waals surface area (Å²) in [6.45, 7) is 2.07. The number of thioether (sulfide) groups is 1. The molecule has 1 amide bonds. The highest BCUT2D eigenvalue weighted by Gasteiger charge is 2.27. The first kappa shape index (κ1) is 25.1. The summed E-state index contributed by atoms with van der Waals surface area (Å²) < 4.78 is 27.8. The van der Waals surface area contributed by atoms with Crippen molar-refractivity contribution in [3.05, 3.63) is 95.0 Å². The summed E-state index contributed by atoms with van der Waals surface area (Å²) >= 11 is 7.72. The molecule has 0 aliphatic carbocycles. The van der Waals surface area contributed by atoms with Crippen LogP contribution in [0.2, 0.25) is 5.02 Å². The number of anilines is 1. The number of nitrogens with one attached hydrogen (secondary N) is 1. The first-order chi connectivity index (χ1) is 15.9. The molecule has 174 valence electrons. The average Bonchev–Trinajstić information content (AvgIpc) is 2.80. The van der Waals surface area contributed by atoms with E-state index in [4.69, 9.17) is 11.6 Å². The molecular formula is C25H27ClN2O3S2. The molecule has 3 rings (SSSR count). The van der Waals surface area contributed by atoms with Crippen LogP contribution < -0.4 is 9.62 Å². The molecule has 0 radical (unpaired) electrons. The van der Waals surface area contributed by atoms with Crippen LogP contribution in [0, 0.1) is 6.92 Å². The molecule has 0 heterocycles. The van der Waals surface area contributed by atoms with Crippen molar-refractivity contribution < 1.29 is 13.2 Å². The van der Waals surface area contributed by atoms with E-state index in [0.29, 0.717) is 17.3 Å². The van der Waals surface area contributed by atoms with E-state index in [2.05, 4.69) is 17.4 Å². The van der Waals surface area contributed by atoms with Crippen LogP contribution in [0.15, 0.2) is 83.8 Å². The van der Waals surface area contributed by atoms with Crippen LogP contribution in [0.4, 0.5) is 5.69 Å². The third-order valence-corrected chi connectivity index (χ3v) is 8.03. The van der Waals surface area contributed by atoms with Crippen molar-refractivity contribution in [1.29, 1.82) is 0 Å². The summed E-state index contributed by atoms with van der Waals surface area (Å²) in [5.41, 5.74) is 2.62. The zero-order valence-electron chi connectivity index (χ0n) is 18.4. The number of halogens is 1. The van der Waals surface area contributed by atoms with Crippen LogP contribution in [-0.2, 0) is 20.6 Å². The summed E-state index contributed by atoms with van der Waals surface area (Å²) in [5.74, 6) is 1.48. The molecule has 0 spiro atoms. The molecule has 0 bridgehead atoms. The number of benzene rings is 3. The molecular weight excluding hydrogens is 476 g/mol. The average molecular weight is 503 g/mol. The van der Waals surface area contributed by atoms with Crippen LogP contribution in [0.1, 0.15) is 17.5 Å². The van der Waals surface area contributed by atoms with Crippen molar-refractivity contribution >= 4 is 45.0 Å². The predicted octanol–water partition coefficient (Wildman–Crippen LogP) is 5.28. The van der Waals surface area contributed by atoms with Gasteiger partial charge in [0.15, 0.2) is 0 Å². The second-order valence-corrected chi connectivity index (χ2v) is 11.0. The number of amides is 1. The highest BCUT2D eigenvalue weighted by atomic mass is 35.5. The first-order valence-electron chi connectivity index (χ1n) is 10.6. The molecule has 0 aliphatic rings. The fourth-order valence-corrected chi connectivity index (χ4v) is 5.64. The number of sulfonamides is 1. The topological polar surface area (TPSA) is 66.5 Å². The van der Waals surface area contributed by atoms with Crippen molar-refractivity contribution in [1.82, 2.24) is 5.32 Å². The summed E-state index contributed by atoms with van der Waals surface area (Å²) in [5, 5.41) is 3.29. The second-order valence-electron chi connectivity index (χ2n) is 7.55. The molecule has 0 fully saturated rings. The lowest BCUT2D eigenvalue weighted by Gasteiger charge is -2.24. The van der Waals surface area contributed by atoms with Crippen molar-refractivity contribution in [2.45, 2.75) is 24.0 Å². The van der Waals surface area contributed by atoms with E-state index < -0.39 is 10.0 Å². The SMILES string of the molecule is Cc1cccc(N(CC(=O)NCCCSCc2ccccc2)S(=O)(=O)c2ccc(Cl)cc2)c1. The molecule has 3 aromatic rings. The number of rotatable bonds is 11.